The standard InChI is InChI=1S/C17H21N.C2H6/c1-18-14-8-13-17(15-9-4-2-5-10-15)16-11-6-3-7-12-16;1-2/h2-7,9-12,17-18H,8,13-14H2,1H3;1-2H3. The van der Waals surface area contributed by atoms with E-state index in [1.54, 1.807) is 0 Å². The number of nitrogens with one attached hydrogen (secondary N) is 1. The summed E-state index contributed by atoms with van der Waals surface area (Å²) in [4.78, 5) is 0. The SMILES string of the molecule is CC.CNCCCC(c1ccccc1)c1ccccc1. The maximum Gasteiger partial charge on any atom is 0.00898 e. The minimum absolute atomic E-state index is 0.515. The summed E-state index contributed by atoms with van der Waals surface area (Å²) in [6.07, 6.45) is 2.39. The second kappa shape index (κ2) is 10.2. The van der Waals surface area contributed by atoms with E-state index in [4.69, 9.17) is 0 Å². The average molecular weight is 269 g/mol. The van der Waals surface area contributed by atoms with Gasteiger partial charge < -0.3 is 5.32 Å². The Morgan fingerprint density at radius 3 is 1.65 bits per heavy atom. The quantitative estimate of drug-likeness (QED) is 0.740. The molecule has 0 saturated heterocycles. The van der Waals surface area contributed by atoms with Crippen LogP contribution in [-0.4, -0.2) is 13.6 Å². The summed E-state index contributed by atoms with van der Waals surface area (Å²) in [7, 11) is 2.01. The molecule has 1 nitrogen and oxygen atoms in total. The van der Waals surface area contributed by atoms with Crippen LogP contribution in [0.3, 0.4) is 0 Å². The predicted octanol–water partition coefficient (Wildman–Crippen LogP) is 4.84. The zero-order valence-electron chi connectivity index (χ0n) is 13.0. The van der Waals surface area contributed by atoms with Gasteiger partial charge in [-0.05, 0) is 37.6 Å². The van der Waals surface area contributed by atoms with Gasteiger partial charge in [0.05, 0.1) is 0 Å². The highest BCUT2D eigenvalue weighted by Gasteiger charge is 2.12. The molecule has 0 aliphatic carbocycles. The largest absolute Gasteiger partial charge is 0.320 e. The minimum atomic E-state index is 0.515. The van der Waals surface area contributed by atoms with Crippen molar-refractivity contribution in [3.8, 4) is 0 Å². The molecule has 0 unspecified atom stereocenters. The monoisotopic (exact) mass is 269 g/mol. The molecule has 0 aliphatic rings. The van der Waals surface area contributed by atoms with Crippen LogP contribution in [-0.2, 0) is 0 Å². The smallest absolute Gasteiger partial charge is 0.00898 e. The highest BCUT2D eigenvalue weighted by Crippen LogP contribution is 2.28. The molecule has 0 aromatic heterocycles. The first-order valence-corrected chi connectivity index (χ1v) is 7.66. The zero-order chi connectivity index (χ0) is 14.6. The summed E-state index contributed by atoms with van der Waals surface area (Å²) < 4.78 is 0. The summed E-state index contributed by atoms with van der Waals surface area (Å²) in [6.45, 7) is 5.08. The molecule has 0 amide bonds. The summed E-state index contributed by atoms with van der Waals surface area (Å²) in [6, 6.07) is 21.6. The third-order valence-electron chi connectivity index (χ3n) is 3.32. The van der Waals surface area contributed by atoms with E-state index in [0.717, 1.165) is 6.54 Å². The molecule has 1 heteroatoms. The molecule has 0 fully saturated rings. The van der Waals surface area contributed by atoms with Crippen molar-refractivity contribution in [2.75, 3.05) is 13.6 Å². The molecule has 0 aliphatic heterocycles. The van der Waals surface area contributed by atoms with Gasteiger partial charge >= 0.3 is 0 Å². The van der Waals surface area contributed by atoms with Crippen LogP contribution >= 0.6 is 0 Å². The van der Waals surface area contributed by atoms with Gasteiger partial charge in [0.15, 0.2) is 0 Å². The molecule has 2 rings (SSSR count). The van der Waals surface area contributed by atoms with Crippen molar-refractivity contribution in [3.63, 3.8) is 0 Å². The maximum absolute atomic E-state index is 3.23. The second-order valence-electron chi connectivity index (χ2n) is 4.62. The molecular weight excluding hydrogens is 242 g/mol. The van der Waals surface area contributed by atoms with Gasteiger partial charge in [-0.25, -0.2) is 0 Å². The van der Waals surface area contributed by atoms with Crippen molar-refractivity contribution in [1.29, 1.82) is 0 Å². The van der Waals surface area contributed by atoms with E-state index in [0.29, 0.717) is 5.92 Å². The van der Waals surface area contributed by atoms with Crippen molar-refractivity contribution in [1.82, 2.24) is 5.32 Å². The molecule has 0 radical (unpaired) electrons. The second-order valence-corrected chi connectivity index (χ2v) is 4.62. The fourth-order valence-electron chi connectivity index (χ4n) is 2.38. The maximum atomic E-state index is 3.23. The van der Waals surface area contributed by atoms with Gasteiger partial charge in [0.2, 0.25) is 0 Å². The number of hydrogen-bond donors (Lipinski definition) is 1. The van der Waals surface area contributed by atoms with Gasteiger partial charge in [-0.2, -0.15) is 0 Å². The summed E-state index contributed by atoms with van der Waals surface area (Å²) in [5.41, 5.74) is 2.83. The van der Waals surface area contributed by atoms with E-state index in [1.165, 1.54) is 24.0 Å². The van der Waals surface area contributed by atoms with E-state index in [1.807, 2.05) is 20.9 Å². The lowest BCUT2D eigenvalue weighted by molar-refractivity contribution is 0.629. The van der Waals surface area contributed by atoms with Crippen LogP contribution in [0.1, 0.15) is 43.7 Å². The van der Waals surface area contributed by atoms with Crippen molar-refractivity contribution in [2.24, 2.45) is 0 Å². The Morgan fingerprint density at radius 2 is 1.25 bits per heavy atom. The van der Waals surface area contributed by atoms with E-state index in [2.05, 4.69) is 66.0 Å². The summed E-state index contributed by atoms with van der Waals surface area (Å²) in [5.74, 6) is 0.515. The van der Waals surface area contributed by atoms with Crippen LogP contribution < -0.4 is 5.32 Å². The lowest BCUT2D eigenvalue weighted by Gasteiger charge is -2.18. The first-order valence-electron chi connectivity index (χ1n) is 7.66. The molecular formula is C19H27N. The first-order chi connectivity index (χ1) is 9.92. The zero-order valence-corrected chi connectivity index (χ0v) is 13.0. The molecule has 0 bridgehead atoms. The molecule has 1 N–H and O–H groups in total. The lowest BCUT2D eigenvalue weighted by Crippen LogP contribution is -2.10. The van der Waals surface area contributed by atoms with Crippen molar-refractivity contribution in [3.05, 3.63) is 71.8 Å². The van der Waals surface area contributed by atoms with Gasteiger partial charge in [0.25, 0.3) is 0 Å². The van der Waals surface area contributed by atoms with Crippen molar-refractivity contribution < 1.29 is 0 Å². The van der Waals surface area contributed by atoms with Gasteiger partial charge in [-0.1, -0.05) is 74.5 Å². The normalized spacial score (nSPS) is 10.0. The highest BCUT2D eigenvalue weighted by atomic mass is 14.8. The average Bonchev–Trinajstić information content (AvgIpc) is 2.55. The van der Waals surface area contributed by atoms with Crippen molar-refractivity contribution >= 4 is 0 Å². The fraction of sp³-hybridized carbons (Fsp3) is 0.368. The molecule has 20 heavy (non-hydrogen) atoms. The van der Waals surface area contributed by atoms with Crippen LogP contribution in [0.15, 0.2) is 60.7 Å². The third-order valence-corrected chi connectivity index (χ3v) is 3.32. The topological polar surface area (TPSA) is 12.0 Å². The first kappa shape index (κ1) is 16.5. The fourth-order valence-corrected chi connectivity index (χ4v) is 2.38. The molecule has 0 heterocycles. The van der Waals surface area contributed by atoms with Gasteiger partial charge in [0.1, 0.15) is 0 Å². The highest BCUT2D eigenvalue weighted by molar-refractivity contribution is 5.32. The van der Waals surface area contributed by atoms with E-state index in [-0.39, 0.29) is 0 Å². The molecule has 108 valence electrons. The van der Waals surface area contributed by atoms with Crippen LogP contribution in [0, 0.1) is 0 Å². The van der Waals surface area contributed by atoms with Crippen molar-refractivity contribution in [2.45, 2.75) is 32.6 Å². The van der Waals surface area contributed by atoms with Gasteiger partial charge in [-0.15, -0.1) is 0 Å². The Labute approximate surface area is 124 Å². The Morgan fingerprint density at radius 1 is 0.800 bits per heavy atom. The molecule has 2 aromatic rings. The van der Waals surface area contributed by atoms with Gasteiger partial charge in [-0.3, -0.25) is 0 Å². The summed E-state index contributed by atoms with van der Waals surface area (Å²) in [5, 5.41) is 3.23. The third kappa shape index (κ3) is 5.18. The number of rotatable bonds is 6. The minimum Gasteiger partial charge on any atom is -0.320 e. The van der Waals surface area contributed by atoms with Crippen LogP contribution in [0.25, 0.3) is 0 Å². The predicted molar refractivity (Wildman–Crippen MR) is 89.2 cm³/mol. The molecule has 0 atom stereocenters. The molecule has 0 spiro atoms. The lowest BCUT2D eigenvalue weighted by atomic mass is 9.87. The Bertz CT molecular complexity index is 396. The Balaban J connectivity index is 0.000000956. The van der Waals surface area contributed by atoms with E-state index in [9.17, 15) is 0 Å². The van der Waals surface area contributed by atoms with E-state index < -0.39 is 0 Å². The number of benzene rings is 2. The van der Waals surface area contributed by atoms with Gasteiger partial charge in [0, 0.05) is 5.92 Å². The van der Waals surface area contributed by atoms with Crippen LogP contribution in [0.4, 0.5) is 0 Å². The van der Waals surface area contributed by atoms with E-state index >= 15 is 0 Å². The molecule has 0 saturated carbocycles. The Kier molecular flexibility index (Phi) is 8.41. The Hall–Kier alpha value is -1.60. The summed E-state index contributed by atoms with van der Waals surface area (Å²) >= 11 is 0. The molecule has 2 aromatic carbocycles. The van der Waals surface area contributed by atoms with Crippen LogP contribution in [0.5, 0.6) is 0 Å². The number of hydrogen-bond acceptors (Lipinski definition) is 1. The van der Waals surface area contributed by atoms with Crippen LogP contribution in [0.2, 0.25) is 0 Å².